The van der Waals surface area contributed by atoms with E-state index >= 15 is 0 Å². The van der Waals surface area contributed by atoms with Crippen LogP contribution in [0.4, 0.5) is 0 Å². The number of ether oxygens (including phenoxy) is 2. The molecule has 0 saturated carbocycles. The lowest BCUT2D eigenvalue weighted by Gasteiger charge is -2.25. The molecular weight excluding hydrogens is 270 g/mol. The second-order valence-corrected chi connectivity index (χ2v) is 5.60. The van der Waals surface area contributed by atoms with Gasteiger partial charge in [-0.15, -0.1) is 0 Å². The van der Waals surface area contributed by atoms with Crippen LogP contribution in [0.1, 0.15) is 46.0 Å². The standard InChI is InChI=1S/C16H29NO4/c1-6-7-8-9-10-17-12-13(14(18)20-4)11-16(2,3)15(19)21-5/h2,13,17H,6-12H2,1,3-5H3. The summed E-state index contributed by atoms with van der Waals surface area (Å²) in [7, 11) is 2.62. The van der Waals surface area contributed by atoms with Crippen molar-refractivity contribution in [1.29, 1.82) is 0 Å². The first-order valence-electron chi connectivity index (χ1n) is 7.54. The molecule has 0 aliphatic carbocycles. The predicted octanol–water partition coefficient (Wildman–Crippen LogP) is 2.23. The second-order valence-electron chi connectivity index (χ2n) is 5.60. The minimum Gasteiger partial charge on any atom is -0.469 e. The van der Waals surface area contributed by atoms with Gasteiger partial charge in [0.05, 0.1) is 25.6 Å². The van der Waals surface area contributed by atoms with Gasteiger partial charge in [-0.25, -0.2) is 0 Å². The Kier molecular flexibility index (Phi) is 10.0. The maximum Gasteiger partial charge on any atom is 0.311 e. The Labute approximate surface area is 128 Å². The van der Waals surface area contributed by atoms with E-state index < -0.39 is 17.3 Å². The molecule has 2 unspecified atom stereocenters. The van der Waals surface area contributed by atoms with Crippen molar-refractivity contribution in [1.82, 2.24) is 5.32 Å². The lowest BCUT2D eigenvalue weighted by molar-refractivity contribution is -0.152. The van der Waals surface area contributed by atoms with Crippen molar-refractivity contribution >= 4 is 11.9 Å². The van der Waals surface area contributed by atoms with E-state index in [9.17, 15) is 9.59 Å². The summed E-state index contributed by atoms with van der Waals surface area (Å²) in [4.78, 5) is 23.4. The Morgan fingerprint density at radius 2 is 1.86 bits per heavy atom. The van der Waals surface area contributed by atoms with Crippen LogP contribution in [-0.2, 0) is 19.1 Å². The van der Waals surface area contributed by atoms with E-state index in [1.165, 1.54) is 33.5 Å². The van der Waals surface area contributed by atoms with Crippen LogP contribution >= 0.6 is 0 Å². The molecule has 0 aromatic rings. The molecule has 0 heterocycles. The molecule has 0 aliphatic heterocycles. The fourth-order valence-corrected chi connectivity index (χ4v) is 2.19. The van der Waals surface area contributed by atoms with E-state index in [4.69, 9.17) is 11.7 Å². The molecule has 0 bridgehead atoms. The maximum absolute atomic E-state index is 11.8. The highest BCUT2D eigenvalue weighted by Gasteiger charge is 2.35. The first-order valence-corrected chi connectivity index (χ1v) is 7.54. The highest BCUT2D eigenvalue weighted by atomic mass is 16.5. The van der Waals surface area contributed by atoms with Gasteiger partial charge in [-0.3, -0.25) is 9.59 Å². The minimum absolute atomic E-state index is 0.189. The van der Waals surface area contributed by atoms with E-state index in [0.717, 1.165) is 13.0 Å². The molecule has 0 aromatic carbocycles. The Balaban J connectivity index is 4.34. The van der Waals surface area contributed by atoms with Gasteiger partial charge in [0, 0.05) is 6.54 Å². The zero-order valence-electron chi connectivity index (χ0n) is 13.7. The summed E-state index contributed by atoms with van der Waals surface area (Å²) >= 11 is 0. The smallest absolute Gasteiger partial charge is 0.311 e. The van der Waals surface area contributed by atoms with Gasteiger partial charge in [-0.2, -0.15) is 0 Å². The van der Waals surface area contributed by atoms with Crippen LogP contribution in [0.25, 0.3) is 0 Å². The van der Waals surface area contributed by atoms with Gasteiger partial charge >= 0.3 is 11.9 Å². The second kappa shape index (κ2) is 10.6. The van der Waals surface area contributed by atoms with Gasteiger partial charge in [-0.1, -0.05) is 26.2 Å². The monoisotopic (exact) mass is 299 g/mol. The zero-order chi connectivity index (χ0) is 16.3. The van der Waals surface area contributed by atoms with Crippen LogP contribution in [0.3, 0.4) is 0 Å². The van der Waals surface area contributed by atoms with Crippen LogP contribution in [0.2, 0.25) is 0 Å². The average molecular weight is 299 g/mol. The fraction of sp³-hybridized carbons (Fsp3) is 0.812. The van der Waals surface area contributed by atoms with Gasteiger partial charge in [0.2, 0.25) is 0 Å². The summed E-state index contributed by atoms with van der Waals surface area (Å²) in [6, 6.07) is 0. The Morgan fingerprint density at radius 1 is 1.19 bits per heavy atom. The fourth-order valence-electron chi connectivity index (χ4n) is 2.19. The molecule has 2 atom stereocenters. The summed E-state index contributed by atoms with van der Waals surface area (Å²) in [5, 5.41) is 3.23. The Bertz CT molecular complexity index is 315. The molecule has 0 rings (SSSR count). The molecule has 1 N–H and O–H groups in total. The topological polar surface area (TPSA) is 64.6 Å². The van der Waals surface area contributed by atoms with Gasteiger partial charge < -0.3 is 14.8 Å². The van der Waals surface area contributed by atoms with Crippen molar-refractivity contribution in [2.45, 2.75) is 46.0 Å². The number of methoxy groups -OCH3 is 2. The molecule has 2 radical (unpaired) electrons. The number of carbonyl (C=O) groups is 2. The number of nitrogens with one attached hydrogen (secondary N) is 1. The van der Waals surface area contributed by atoms with Gasteiger partial charge in [0.25, 0.3) is 0 Å². The van der Waals surface area contributed by atoms with Crippen molar-refractivity contribution in [2.75, 3.05) is 27.3 Å². The van der Waals surface area contributed by atoms with E-state index in [1.807, 2.05) is 0 Å². The molecule has 0 saturated heterocycles. The SMILES string of the molecule is [CH]C(C)(CC(CNCCCCCC)C(=O)OC)C(=O)OC. The van der Waals surface area contributed by atoms with Crippen LogP contribution in [0.5, 0.6) is 0 Å². The molecular formula is C16H29NO4. The van der Waals surface area contributed by atoms with Gasteiger partial charge in [0.15, 0.2) is 0 Å². The quantitative estimate of drug-likeness (QED) is 0.468. The highest BCUT2D eigenvalue weighted by Crippen LogP contribution is 2.27. The van der Waals surface area contributed by atoms with Gasteiger partial charge in [0.1, 0.15) is 0 Å². The Morgan fingerprint density at radius 3 is 2.38 bits per heavy atom. The summed E-state index contributed by atoms with van der Waals surface area (Å²) in [5.74, 6) is -1.36. The molecule has 0 aliphatic rings. The first kappa shape index (κ1) is 19.9. The molecule has 21 heavy (non-hydrogen) atoms. The average Bonchev–Trinajstić information content (AvgIpc) is 2.47. The van der Waals surface area contributed by atoms with Crippen molar-refractivity contribution in [3.63, 3.8) is 0 Å². The summed E-state index contributed by atoms with van der Waals surface area (Å²) in [6.07, 6.45) is 4.83. The van der Waals surface area contributed by atoms with Crippen LogP contribution in [-0.4, -0.2) is 39.2 Å². The number of esters is 2. The van der Waals surface area contributed by atoms with E-state index in [0.29, 0.717) is 6.54 Å². The number of carbonyl (C=O) groups excluding carboxylic acids is 2. The van der Waals surface area contributed by atoms with Crippen molar-refractivity contribution in [2.24, 2.45) is 11.3 Å². The minimum atomic E-state index is -1.20. The summed E-state index contributed by atoms with van der Waals surface area (Å²) < 4.78 is 9.44. The van der Waals surface area contributed by atoms with E-state index in [-0.39, 0.29) is 12.4 Å². The van der Waals surface area contributed by atoms with Crippen molar-refractivity contribution in [3.8, 4) is 0 Å². The lowest BCUT2D eigenvalue weighted by atomic mass is 9.82. The lowest BCUT2D eigenvalue weighted by Crippen LogP contribution is -2.37. The highest BCUT2D eigenvalue weighted by molar-refractivity contribution is 5.79. The van der Waals surface area contributed by atoms with Crippen molar-refractivity contribution in [3.05, 3.63) is 6.92 Å². The Hall–Kier alpha value is -1.10. The third-order valence-electron chi connectivity index (χ3n) is 3.45. The largest absolute Gasteiger partial charge is 0.469 e. The summed E-state index contributed by atoms with van der Waals surface area (Å²) in [5.41, 5.74) is -1.20. The zero-order valence-corrected chi connectivity index (χ0v) is 13.7. The molecule has 122 valence electrons. The van der Waals surface area contributed by atoms with E-state index in [2.05, 4.69) is 17.0 Å². The molecule has 0 amide bonds. The molecule has 5 nitrogen and oxygen atoms in total. The first-order chi connectivity index (χ1) is 9.88. The number of hydrogen-bond acceptors (Lipinski definition) is 5. The third kappa shape index (κ3) is 8.05. The molecule has 5 heteroatoms. The van der Waals surface area contributed by atoms with Crippen molar-refractivity contribution < 1.29 is 19.1 Å². The molecule has 0 spiro atoms. The predicted molar refractivity (Wildman–Crippen MR) is 81.6 cm³/mol. The maximum atomic E-state index is 11.8. The number of unbranched alkanes of at least 4 members (excludes halogenated alkanes) is 3. The van der Waals surface area contributed by atoms with Crippen LogP contribution < -0.4 is 5.32 Å². The van der Waals surface area contributed by atoms with Crippen LogP contribution in [0, 0.1) is 18.3 Å². The normalized spacial score (nSPS) is 12.8. The van der Waals surface area contributed by atoms with Crippen LogP contribution in [0.15, 0.2) is 0 Å². The summed E-state index contributed by atoms with van der Waals surface area (Å²) in [6.45, 7) is 10.9. The van der Waals surface area contributed by atoms with E-state index in [1.54, 1.807) is 6.92 Å². The third-order valence-corrected chi connectivity index (χ3v) is 3.45. The molecule has 0 aromatic heterocycles. The number of rotatable bonds is 11. The number of hydrogen-bond donors (Lipinski definition) is 1. The molecule has 0 fully saturated rings. The van der Waals surface area contributed by atoms with Gasteiger partial charge in [-0.05, 0) is 33.2 Å².